The standard InChI is InChI=1S/C11H15FO/c1-7(2)11(13)9-6-8(3)4-5-10(9)12/h4-7,11,13H,1-3H3. The zero-order valence-corrected chi connectivity index (χ0v) is 8.21. The van der Waals surface area contributed by atoms with Crippen molar-refractivity contribution < 1.29 is 9.50 Å². The molecule has 0 saturated carbocycles. The number of halogens is 1. The van der Waals surface area contributed by atoms with Crippen LogP contribution in [0.25, 0.3) is 0 Å². The van der Waals surface area contributed by atoms with E-state index in [0.29, 0.717) is 5.56 Å². The first-order valence-electron chi connectivity index (χ1n) is 4.46. The number of aryl methyl sites for hydroxylation is 1. The third kappa shape index (κ3) is 2.28. The van der Waals surface area contributed by atoms with Crippen molar-refractivity contribution in [1.82, 2.24) is 0 Å². The predicted molar refractivity (Wildman–Crippen MR) is 50.9 cm³/mol. The van der Waals surface area contributed by atoms with E-state index >= 15 is 0 Å². The summed E-state index contributed by atoms with van der Waals surface area (Å²) in [4.78, 5) is 0. The number of hydrogen-bond donors (Lipinski definition) is 1. The maximum atomic E-state index is 13.2. The maximum absolute atomic E-state index is 13.2. The molecule has 0 aliphatic rings. The molecule has 1 atom stereocenters. The van der Waals surface area contributed by atoms with Crippen molar-refractivity contribution in [2.45, 2.75) is 26.9 Å². The van der Waals surface area contributed by atoms with Crippen LogP contribution in [0.1, 0.15) is 31.1 Å². The topological polar surface area (TPSA) is 20.2 Å². The number of aliphatic hydroxyl groups is 1. The summed E-state index contributed by atoms with van der Waals surface area (Å²) < 4.78 is 13.2. The maximum Gasteiger partial charge on any atom is 0.129 e. The smallest absolute Gasteiger partial charge is 0.129 e. The van der Waals surface area contributed by atoms with Crippen molar-refractivity contribution in [2.24, 2.45) is 5.92 Å². The lowest BCUT2D eigenvalue weighted by atomic mass is 9.97. The van der Waals surface area contributed by atoms with Crippen molar-refractivity contribution in [3.8, 4) is 0 Å². The average Bonchev–Trinajstić information content (AvgIpc) is 2.08. The van der Waals surface area contributed by atoms with Gasteiger partial charge in [0.15, 0.2) is 0 Å². The van der Waals surface area contributed by atoms with E-state index < -0.39 is 6.10 Å². The molecule has 72 valence electrons. The summed E-state index contributed by atoms with van der Waals surface area (Å²) in [5.41, 5.74) is 1.37. The van der Waals surface area contributed by atoms with Crippen LogP contribution in [0.15, 0.2) is 18.2 Å². The highest BCUT2D eigenvalue weighted by atomic mass is 19.1. The van der Waals surface area contributed by atoms with Crippen LogP contribution >= 0.6 is 0 Å². The second-order valence-corrected chi connectivity index (χ2v) is 3.71. The predicted octanol–water partition coefficient (Wildman–Crippen LogP) is 2.82. The molecular weight excluding hydrogens is 167 g/mol. The molecule has 1 unspecified atom stereocenters. The molecule has 0 bridgehead atoms. The SMILES string of the molecule is Cc1ccc(F)c(C(O)C(C)C)c1. The Kier molecular flexibility index (Phi) is 3.04. The van der Waals surface area contributed by atoms with Gasteiger partial charge in [0.25, 0.3) is 0 Å². The molecule has 1 N–H and O–H groups in total. The minimum atomic E-state index is -0.708. The molecule has 0 heterocycles. The van der Waals surface area contributed by atoms with Crippen LogP contribution in [-0.2, 0) is 0 Å². The molecule has 1 rings (SSSR count). The van der Waals surface area contributed by atoms with Crippen molar-refractivity contribution in [3.63, 3.8) is 0 Å². The molecule has 0 aliphatic heterocycles. The average molecular weight is 182 g/mol. The molecule has 0 radical (unpaired) electrons. The molecule has 1 aromatic carbocycles. The number of rotatable bonds is 2. The van der Waals surface area contributed by atoms with Crippen LogP contribution in [0.2, 0.25) is 0 Å². The van der Waals surface area contributed by atoms with Crippen molar-refractivity contribution >= 4 is 0 Å². The first-order chi connectivity index (χ1) is 6.02. The van der Waals surface area contributed by atoms with Crippen molar-refractivity contribution in [3.05, 3.63) is 35.1 Å². The Balaban J connectivity index is 3.05. The minimum absolute atomic E-state index is 0.0382. The lowest BCUT2D eigenvalue weighted by Gasteiger charge is -2.15. The van der Waals surface area contributed by atoms with Crippen LogP contribution in [0.3, 0.4) is 0 Å². The van der Waals surface area contributed by atoms with Crippen molar-refractivity contribution in [2.75, 3.05) is 0 Å². The molecule has 0 saturated heterocycles. The molecule has 0 spiro atoms. The Morgan fingerprint density at radius 2 is 1.92 bits per heavy atom. The van der Waals surface area contributed by atoms with Crippen molar-refractivity contribution in [1.29, 1.82) is 0 Å². The lowest BCUT2D eigenvalue weighted by Crippen LogP contribution is -2.07. The highest BCUT2D eigenvalue weighted by Crippen LogP contribution is 2.24. The summed E-state index contributed by atoms with van der Waals surface area (Å²) in [6, 6.07) is 4.79. The lowest BCUT2D eigenvalue weighted by molar-refractivity contribution is 0.123. The number of benzene rings is 1. The number of aliphatic hydroxyl groups excluding tert-OH is 1. The van der Waals surface area contributed by atoms with Gasteiger partial charge in [0.05, 0.1) is 6.10 Å². The van der Waals surface area contributed by atoms with Gasteiger partial charge in [-0.2, -0.15) is 0 Å². The minimum Gasteiger partial charge on any atom is -0.388 e. The van der Waals surface area contributed by atoms with Crippen LogP contribution in [0.5, 0.6) is 0 Å². The fourth-order valence-electron chi connectivity index (χ4n) is 1.25. The summed E-state index contributed by atoms with van der Waals surface area (Å²) in [6.07, 6.45) is -0.708. The number of hydrogen-bond acceptors (Lipinski definition) is 1. The van der Waals surface area contributed by atoms with Gasteiger partial charge in [-0.1, -0.05) is 31.5 Å². The molecule has 0 fully saturated rings. The van der Waals surface area contributed by atoms with Gasteiger partial charge in [-0.25, -0.2) is 4.39 Å². The zero-order valence-electron chi connectivity index (χ0n) is 8.21. The first-order valence-corrected chi connectivity index (χ1v) is 4.46. The van der Waals surface area contributed by atoms with Gasteiger partial charge < -0.3 is 5.11 Å². The summed E-state index contributed by atoms with van der Waals surface area (Å²) in [6.45, 7) is 5.62. The van der Waals surface area contributed by atoms with Crippen LogP contribution in [0, 0.1) is 18.7 Å². The van der Waals surface area contributed by atoms with Gasteiger partial charge in [0.1, 0.15) is 5.82 Å². The Hall–Kier alpha value is -0.890. The summed E-state index contributed by atoms with van der Waals surface area (Å²) in [7, 11) is 0. The second kappa shape index (κ2) is 3.88. The third-order valence-corrected chi connectivity index (χ3v) is 2.10. The Labute approximate surface area is 78.2 Å². The van der Waals surface area contributed by atoms with Gasteiger partial charge in [-0.3, -0.25) is 0 Å². The van der Waals surface area contributed by atoms with Crippen LogP contribution in [-0.4, -0.2) is 5.11 Å². The molecular formula is C11H15FO. The molecule has 0 amide bonds. The van der Waals surface area contributed by atoms with E-state index in [2.05, 4.69) is 0 Å². The molecule has 1 nitrogen and oxygen atoms in total. The summed E-state index contributed by atoms with van der Waals surface area (Å²) in [5, 5.41) is 9.66. The van der Waals surface area contributed by atoms with E-state index in [0.717, 1.165) is 5.56 Å². The second-order valence-electron chi connectivity index (χ2n) is 3.71. The molecule has 1 aromatic rings. The molecule has 2 heteroatoms. The van der Waals surface area contributed by atoms with Gasteiger partial charge in [-0.15, -0.1) is 0 Å². The van der Waals surface area contributed by atoms with Crippen LogP contribution in [0.4, 0.5) is 4.39 Å². The van der Waals surface area contributed by atoms with Gasteiger partial charge in [0, 0.05) is 5.56 Å². The molecule has 13 heavy (non-hydrogen) atoms. The zero-order chi connectivity index (χ0) is 10.0. The normalized spacial score (nSPS) is 13.4. The Morgan fingerprint density at radius 3 is 2.46 bits per heavy atom. The monoisotopic (exact) mass is 182 g/mol. The Bertz CT molecular complexity index is 294. The van der Waals surface area contributed by atoms with E-state index in [1.54, 1.807) is 12.1 Å². The highest BCUT2D eigenvalue weighted by Gasteiger charge is 2.15. The van der Waals surface area contributed by atoms with E-state index in [9.17, 15) is 9.50 Å². The van der Waals surface area contributed by atoms with E-state index in [-0.39, 0.29) is 11.7 Å². The largest absolute Gasteiger partial charge is 0.388 e. The molecule has 0 aromatic heterocycles. The van der Waals surface area contributed by atoms with E-state index in [1.165, 1.54) is 6.07 Å². The molecule has 0 aliphatic carbocycles. The summed E-state index contributed by atoms with van der Waals surface area (Å²) >= 11 is 0. The highest BCUT2D eigenvalue weighted by molar-refractivity contribution is 5.26. The van der Waals surface area contributed by atoms with Crippen LogP contribution < -0.4 is 0 Å². The van der Waals surface area contributed by atoms with E-state index in [1.807, 2.05) is 20.8 Å². The third-order valence-electron chi connectivity index (χ3n) is 2.10. The summed E-state index contributed by atoms with van der Waals surface area (Å²) in [5.74, 6) is -0.289. The quantitative estimate of drug-likeness (QED) is 0.745. The van der Waals surface area contributed by atoms with Gasteiger partial charge >= 0.3 is 0 Å². The van der Waals surface area contributed by atoms with Gasteiger partial charge in [-0.05, 0) is 18.9 Å². The Morgan fingerprint density at radius 1 is 1.31 bits per heavy atom. The fraction of sp³-hybridized carbons (Fsp3) is 0.455. The van der Waals surface area contributed by atoms with Gasteiger partial charge in [0.2, 0.25) is 0 Å². The van der Waals surface area contributed by atoms with E-state index in [4.69, 9.17) is 0 Å². The first kappa shape index (κ1) is 10.2. The fourth-order valence-corrected chi connectivity index (χ4v) is 1.25.